The number of hydrogen-bond acceptors (Lipinski definition) is 3. The molecule has 2 saturated heterocycles. The van der Waals surface area contributed by atoms with E-state index in [0.717, 1.165) is 45.3 Å². The summed E-state index contributed by atoms with van der Waals surface area (Å²) in [6, 6.07) is 0.188. The smallest absolute Gasteiger partial charge is 0.245 e. The fraction of sp³-hybridized carbons (Fsp3) is 0.846. The molecule has 2 rings (SSSR count). The molecule has 2 unspecified atom stereocenters. The van der Waals surface area contributed by atoms with Crippen molar-refractivity contribution >= 4 is 11.8 Å². The number of amides is 2. The zero-order valence-corrected chi connectivity index (χ0v) is 11.3. The average Bonchev–Trinajstić information content (AvgIpc) is 2.87. The van der Waals surface area contributed by atoms with E-state index in [1.54, 1.807) is 11.8 Å². The van der Waals surface area contributed by atoms with Crippen LogP contribution in [-0.2, 0) is 9.59 Å². The Kier molecular flexibility index (Phi) is 4.22. The first-order valence-electron chi connectivity index (χ1n) is 6.86. The van der Waals surface area contributed by atoms with Crippen LogP contribution in [0.25, 0.3) is 0 Å². The maximum absolute atomic E-state index is 12.5. The minimum Gasteiger partial charge on any atom is -0.339 e. The third-order valence-corrected chi connectivity index (χ3v) is 4.08. The summed E-state index contributed by atoms with van der Waals surface area (Å²) in [7, 11) is 1.94. The summed E-state index contributed by atoms with van der Waals surface area (Å²) in [6.07, 6.45) is 3.93. The van der Waals surface area contributed by atoms with Crippen LogP contribution >= 0.6 is 0 Å². The largest absolute Gasteiger partial charge is 0.339 e. The van der Waals surface area contributed by atoms with Gasteiger partial charge in [0.2, 0.25) is 11.8 Å². The van der Waals surface area contributed by atoms with E-state index in [4.69, 9.17) is 0 Å². The van der Waals surface area contributed by atoms with Gasteiger partial charge in [-0.15, -0.1) is 0 Å². The molecule has 0 saturated carbocycles. The lowest BCUT2D eigenvalue weighted by Crippen LogP contribution is -2.53. The molecular formula is C13H23N3O2. The molecule has 0 aromatic carbocycles. The van der Waals surface area contributed by atoms with Crippen LogP contribution in [0.1, 0.15) is 32.6 Å². The summed E-state index contributed by atoms with van der Waals surface area (Å²) in [5.41, 5.74) is 0. The standard InChI is InChI=1S/C13H23N3O2/c1-10(17)16-8-4-6-12(16)13(18)15-7-3-5-11(9-15)14-2/h11-12,14H,3-9H2,1-2H3. The van der Waals surface area contributed by atoms with Crippen molar-refractivity contribution in [3.8, 4) is 0 Å². The summed E-state index contributed by atoms with van der Waals surface area (Å²) in [5.74, 6) is 0.163. The molecule has 0 aromatic rings. The number of piperidine rings is 1. The number of carbonyl (C=O) groups excluding carboxylic acids is 2. The molecule has 1 N–H and O–H groups in total. The quantitative estimate of drug-likeness (QED) is 0.765. The molecule has 102 valence electrons. The molecule has 2 amide bonds. The molecule has 2 heterocycles. The predicted molar refractivity (Wildman–Crippen MR) is 69.1 cm³/mol. The highest BCUT2D eigenvalue weighted by molar-refractivity contribution is 5.87. The first kappa shape index (κ1) is 13.3. The van der Waals surface area contributed by atoms with E-state index in [2.05, 4.69) is 5.32 Å². The predicted octanol–water partition coefficient (Wildman–Crippen LogP) is 0.208. The Hall–Kier alpha value is -1.10. The van der Waals surface area contributed by atoms with Crippen molar-refractivity contribution in [2.45, 2.75) is 44.7 Å². The van der Waals surface area contributed by atoms with Gasteiger partial charge in [0.1, 0.15) is 6.04 Å². The molecule has 5 heteroatoms. The number of rotatable bonds is 2. The number of hydrogen-bond donors (Lipinski definition) is 1. The van der Waals surface area contributed by atoms with Gasteiger partial charge in [-0.3, -0.25) is 9.59 Å². The fourth-order valence-corrected chi connectivity index (χ4v) is 3.02. The van der Waals surface area contributed by atoms with Crippen LogP contribution in [0, 0.1) is 0 Å². The topological polar surface area (TPSA) is 52.7 Å². The Balaban J connectivity index is 1.99. The molecule has 2 atom stereocenters. The minimum atomic E-state index is -0.210. The third-order valence-electron chi connectivity index (χ3n) is 4.08. The van der Waals surface area contributed by atoms with Crippen molar-refractivity contribution in [2.75, 3.05) is 26.7 Å². The molecule has 0 aliphatic carbocycles. The Bertz CT molecular complexity index is 332. The van der Waals surface area contributed by atoms with Crippen molar-refractivity contribution in [2.24, 2.45) is 0 Å². The van der Waals surface area contributed by atoms with Crippen LogP contribution in [0.2, 0.25) is 0 Å². The maximum atomic E-state index is 12.5. The Morgan fingerprint density at radius 3 is 2.56 bits per heavy atom. The minimum absolute atomic E-state index is 0.0213. The average molecular weight is 253 g/mol. The van der Waals surface area contributed by atoms with Crippen molar-refractivity contribution in [1.29, 1.82) is 0 Å². The lowest BCUT2D eigenvalue weighted by Gasteiger charge is -2.35. The Labute approximate surface area is 108 Å². The van der Waals surface area contributed by atoms with Crippen LogP contribution < -0.4 is 5.32 Å². The number of carbonyl (C=O) groups is 2. The van der Waals surface area contributed by atoms with Gasteiger partial charge in [0.05, 0.1) is 0 Å². The van der Waals surface area contributed by atoms with Crippen LogP contribution in [0.4, 0.5) is 0 Å². The highest BCUT2D eigenvalue weighted by Crippen LogP contribution is 2.21. The molecule has 0 radical (unpaired) electrons. The van der Waals surface area contributed by atoms with Gasteiger partial charge in [-0.1, -0.05) is 0 Å². The Morgan fingerprint density at radius 2 is 1.89 bits per heavy atom. The number of likely N-dealkylation sites (N-methyl/N-ethyl adjacent to an activating group) is 1. The zero-order valence-electron chi connectivity index (χ0n) is 11.3. The second kappa shape index (κ2) is 5.69. The first-order chi connectivity index (χ1) is 8.63. The second-order valence-electron chi connectivity index (χ2n) is 5.28. The van der Waals surface area contributed by atoms with Gasteiger partial charge in [0.25, 0.3) is 0 Å². The Morgan fingerprint density at radius 1 is 1.17 bits per heavy atom. The number of nitrogens with one attached hydrogen (secondary N) is 1. The highest BCUT2D eigenvalue weighted by atomic mass is 16.2. The maximum Gasteiger partial charge on any atom is 0.245 e. The SMILES string of the molecule is CNC1CCCN(C(=O)C2CCCN2C(C)=O)C1. The monoisotopic (exact) mass is 253 g/mol. The van der Waals surface area contributed by atoms with Crippen LogP contribution in [-0.4, -0.2) is 60.4 Å². The molecule has 2 aliphatic rings. The molecule has 18 heavy (non-hydrogen) atoms. The van der Waals surface area contributed by atoms with E-state index in [9.17, 15) is 9.59 Å². The highest BCUT2D eigenvalue weighted by Gasteiger charge is 2.36. The summed E-state index contributed by atoms with van der Waals surface area (Å²) < 4.78 is 0. The summed E-state index contributed by atoms with van der Waals surface area (Å²) in [4.78, 5) is 27.6. The second-order valence-corrected chi connectivity index (χ2v) is 5.28. The first-order valence-corrected chi connectivity index (χ1v) is 6.86. The molecule has 0 spiro atoms. The lowest BCUT2D eigenvalue weighted by molar-refractivity contribution is -0.143. The van der Waals surface area contributed by atoms with Gasteiger partial charge >= 0.3 is 0 Å². The number of nitrogens with zero attached hydrogens (tertiary/aromatic N) is 2. The summed E-state index contributed by atoms with van der Waals surface area (Å²) >= 11 is 0. The molecular weight excluding hydrogens is 230 g/mol. The summed E-state index contributed by atoms with van der Waals surface area (Å²) in [6.45, 7) is 3.89. The van der Waals surface area contributed by atoms with E-state index < -0.39 is 0 Å². The molecule has 2 fully saturated rings. The lowest BCUT2D eigenvalue weighted by atomic mass is 10.0. The van der Waals surface area contributed by atoms with Crippen molar-refractivity contribution < 1.29 is 9.59 Å². The van der Waals surface area contributed by atoms with E-state index >= 15 is 0 Å². The third kappa shape index (κ3) is 2.66. The molecule has 0 aromatic heterocycles. The van der Waals surface area contributed by atoms with Gasteiger partial charge in [0, 0.05) is 32.6 Å². The van der Waals surface area contributed by atoms with Crippen molar-refractivity contribution in [3.63, 3.8) is 0 Å². The van der Waals surface area contributed by atoms with E-state index in [1.165, 1.54) is 0 Å². The van der Waals surface area contributed by atoms with Crippen LogP contribution in [0.5, 0.6) is 0 Å². The van der Waals surface area contributed by atoms with E-state index in [1.807, 2.05) is 11.9 Å². The normalized spacial score (nSPS) is 28.6. The van der Waals surface area contributed by atoms with Crippen LogP contribution in [0.3, 0.4) is 0 Å². The number of likely N-dealkylation sites (tertiary alicyclic amines) is 2. The summed E-state index contributed by atoms with van der Waals surface area (Å²) in [5, 5.41) is 3.24. The van der Waals surface area contributed by atoms with E-state index in [-0.39, 0.29) is 17.9 Å². The zero-order chi connectivity index (χ0) is 13.1. The van der Waals surface area contributed by atoms with Gasteiger partial charge in [0.15, 0.2) is 0 Å². The van der Waals surface area contributed by atoms with Crippen LogP contribution in [0.15, 0.2) is 0 Å². The molecule has 0 bridgehead atoms. The van der Waals surface area contributed by atoms with Gasteiger partial charge in [-0.25, -0.2) is 0 Å². The van der Waals surface area contributed by atoms with Gasteiger partial charge in [-0.05, 0) is 32.7 Å². The van der Waals surface area contributed by atoms with E-state index in [0.29, 0.717) is 6.04 Å². The van der Waals surface area contributed by atoms with Crippen molar-refractivity contribution in [1.82, 2.24) is 15.1 Å². The van der Waals surface area contributed by atoms with Gasteiger partial charge in [-0.2, -0.15) is 0 Å². The molecule has 2 aliphatic heterocycles. The molecule has 5 nitrogen and oxygen atoms in total. The van der Waals surface area contributed by atoms with Crippen molar-refractivity contribution in [3.05, 3.63) is 0 Å². The fourth-order valence-electron chi connectivity index (χ4n) is 3.02. The van der Waals surface area contributed by atoms with Gasteiger partial charge < -0.3 is 15.1 Å².